The number of nitrogens with zero attached hydrogens (tertiary/aromatic N) is 2. The molecule has 0 spiro atoms. The van der Waals surface area contributed by atoms with Gasteiger partial charge in [0.25, 0.3) is 0 Å². The van der Waals surface area contributed by atoms with Crippen molar-refractivity contribution in [2.24, 2.45) is 11.8 Å². The van der Waals surface area contributed by atoms with Crippen LogP contribution in [0.5, 0.6) is 0 Å². The Kier molecular flexibility index (Phi) is 9.74. The number of hydrogen-bond acceptors (Lipinski definition) is 4. The minimum Gasteiger partial charge on any atom is -0.310 e. The van der Waals surface area contributed by atoms with Crippen molar-refractivity contribution in [3.05, 3.63) is 76.1 Å². The Morgan fingerprint density at radius 3 is 2.56 bits per heavy atom. The van der Waals surface area contributed by atoms with Gasteiger partial charge in [-0.1, -0.05) is 52.0 Å². The average molecular weight is 431 g/mol. The highest BCUT2D eigenvalue weighted by molar-refractivity contribution is 5.91. The first-order valence-corrected chi connectivity index (χ1v) is 11.1. The van der Waals surface area contributed by atoms with Crippen LogP contribution in [0, 0.1) is 17.2 Å². The molecule has 2 aromatic heterocycles. The minimum atomic E-state index is -0.138. The summed E-state index contributed by atoms with van der Waals surface area (Å²) in [6, 6.07) is 5.58. The lowest BCUT2D eigenvalue weighted by Crippen LogP contribution is -2.27. The average Bonchev–Trinajstić information content (AvgIpc) is 2.78. The molecule has 0 aliphatic rings. The molecule has 32 heavy (non-hydrogen) atoms. The molecule has 1 unspecified atom stereocenters. The van der Waals surface area contributed by atoms with Gasteiger partial charge in [0.1, 0.15) is 5.82 Å². The Bertz CT molecular complexity index is 1100. The normalized spacial score (nSPS) is 14.6. The Balaban J connectivity index is 2.41. The number of aromatic nitrogens is 2. The van der Waals surface area contributed by atoms with Gasteiger partial charge in [0.2, 0.25) is 5.91 Å². The van der Waals surface area contributed by atoms with E-state index in [4.69, 9.17) is 5.41 Å². The van der Waals surface area contributed by atoms with Crippen LogP contribution in [0.15, 0.2) is 60.1 Å². The van der Waals surface area contributed by atoms with Gasteiger partial charge in [-0.05, 0) is 70.5 Å². The predicted octanol–water partition coefficient (Wildman–Crippen LogP) is 4.44. The molecule has 0 saturated carbocycles. The molecule has 1 amide bonds. The number of nitrogens with one attached hydrogen (secondary N) is 2. The number of carbonyl (C=O) groups is 1. The Hall–Kier alpha value is -3.34. The van der Waals surface area contributed by atoms with E-state index in [0.29, 0.717) is 17.7 Å². The third-order valence-electron chi connectivity index (χ3n) is 5.35. The van der Waals surface area contributed by atoms with Gasteiger partial charge in [-0.3, -0.25) is 9.78 Å². The van der Waals surface area contributed by atoms with E-state index < -0.39 is 0 Å². The van der Waals surface area contributed by atoms with Gasteiger partial charge in [-0.25, -0.2) is 4.98 Å². The Morgan fingerprint density at radius 1 is 1.19 bits per heavy atom. The quantitative estimate of drug-likeness (QED) is 0.456. The van der Waals surface area contributed by atoms with Crippen LogP contribution in [-0.4, -0.2) is 22.1 Å². The van der Waals surface area contributed by atoms with Gasteiger partial charge in [0.05, 0.1) is 6.42 Å². The summed E-state index contributed by atoms with van der Waals surface area (Å²) in [6.07, 6.45) is 16.0. The van der Waals surface area contributed by atoms with Crippen molar-refractivity contribution in [2.75, 3.05) is 5.32 Å². The van der Waals surface area contributed by atoms with Crippen LogP contribution in [0.4, 0.5) is 5.82 Å². The first kappa shape index (κ1) is 24.9. The number of pyridine rings is 2. The van der Waals surface area contributed by atoms with E-state index >= 15 is 0 Å². The van der Waals surface area contributed by atoms with Gasteiger partial charge < -0.3 is 10.7 Å². The number of amides is 1. The lowest BCUT2D eigenvalue weighted by molar-refractivity contribution is -0.115. The lowest BCUT2D eigenvalue weighted by atomic mass is 9.93. The third kappa shape index (κ3) is 7.41. The van der Waals surface area contributed by atoms with E-state index in [1.807, 2.05) is 31.2 Å². The fourth-order valence-electron chi connectivity index (χ4n) is 3.14. The molecule has 0 fully saturated rings. The first-order valence-electron chi connectivity index (χ1n) is 11.1. The van der Waals surface area contributed by atoms with Gasteiger partial charge in [-0.2, -0.15) is 0 Å². The minimum absolute atomic E-state index is 0.138. The zero-order chi connectivity index (χ0) is 23.5. The van der Waals surface area contributed by atoms with Crippen LogP contribution >= 0.6 is 0 Å². The van der Waals surface area contributed by atoms with Crippen LogP contribution in [0.2, 0.25) is 0 Å². The molecule has 2 N–H and O–H groups in total. The summed E-state index contributed by atoms with van der Waals surface area (Å²) < 4.78 is 0. The number of rotatable bonds is 9. The Labute approximate surface area is 191 Å². The van der Waals surface area contributed by atoms with Gasteiger partial charge in [0.15, 0.2) is 0 Å². The molecule has 0 radical (unpaired) electrons. The maximum Gasteiger partial charge on any atom is 0.230 e. The lowest BCUT2D eigenvalue weighted by Gasteiger charge is -2.13. The summed E-state index contributed by atoms with van der Waals surface area (Å²) in [5.41, 5.74) is 2.70. The van der Waals surface area contributed by atoms with Crippen LogP contribution in [-0.2, 0) is 11.2 Å². The smallest absolute Gasteiger partial charge is 0.230 e. The van der Waals surface area contributed by atoms with E-state index in [-0.39, 0.29) is 12.3 Å². The molecule has 2 heterocycles. The highest BCUT2D eigenvalue weighted by atomic mass is 16.1. The summed E-state index contributed by atoms with van der Waals surface area (Å²) in [5, 5.41) is 12.8. The number of allylic oxidation sites excluding steroid dienone is 4. The van der Waals surface area contributed by atoms with Crippen molar-refractivity contribution < 1.29 is 4.79 Å². The van der Waals surface area contributed by atoms with Gasteiger partial charge in [0, 0.05) is 24.8 Å². The summed E-state index contributed by atoms with van der Waals surface area (Å²) in [6.45, 7) is 10.6. The van der Waals surface area contributed by atoms with E-state index in [9.17, 15) is 4.79 Å². The molecule has 1 atom stereocenters. The predicted molar refractivity (Wildman–Crippen MR) is 134 cm³/mol. The van der Waals surface area contributed by atoms with Crippen LogP contribution < -0.4 is 15.8 Å². The van der Waals surface area contributed by atoms with E-state index in [2.05, 4.69) is 61.2 Å². The van der Waals surface area contributed by atoms with Crippen LogP contribution in [0.25, 0.3) is 12.2 Å². The maximum atomic E-state index is 12.5. The highest BCUT2D eigenvalue weighted by Gasteiger charge is 2.08. The van der Waals surface area contributed by atoms with Crippen LogP contribution in [0.1, 0.15) is 46.6 Å². The first-order chi connectivity index (χ1) is 15.4. The van der Waals surface area contributed by atoms with Gasteiger partial charge >= 0.3 is 0 Å². The Morgan fingerprint density at radius 2 is 1.97 bits per heavy atom. The third-order valence-corrected chi connectivity index (χ3v) is 5.35. The second kappa shape index (κ2) is 12.5. The monoisotopic (exact) mass is 430 g/mol. The van der Waals surface area contributed by atoms with Crippen molar-refractivity contribution in [1.29, 1.82) is 5.41 Å². The molecule has 0 bridgehead atoms. The largest absolute Gasteiger partial charge is 0.310 e. The molecule has 0 saturated heterocycles. The van der Waals surface area contributed by atoms with E-state index in [0.717, 1.165) is 33.6 Å². The number of hydrogen-bond donors (Lipinski definition) is 2. The molecule has 5 nitrogen and oxygen atoms in total. The highest BCUT2D eigenvalue weighted by Crippen LogP contribution is 2.18. The number of carbonyl (C=O) groups excluding carboxylic acids is 1. The molecular weight excluding hydrogens is 396 g/mol. The molecule has 5 heteroatoms. The summed E-state index contributed by atoms with van der Waals surface area (Å²) >= 11 is 0. The zero-order valence-corrected chi connectivity index (χ0v) is 19.7. The summed E-state index contributed by atoms with van der Waals surface area (Å²) in [5.74, 6) is 1.22. The topological polar surface area (TPSA) is 78.7 Å². The van der Waals surface area contributed by atoms with Crippen LogP contribution in [0.3, 0.4) is 0 Å². The van der Waals surface area contributed by atoms with E-state index in [1.165, 1.54) is 6.21 Å². The van der Waals surface area contributed by atoms with Crippen molar-refractivity contribution in [1.82, 2.24) is 9.97 Å². The fraction of sp³-hybridized carbons (Fsp3) is 0.333. The fourth-order valence-corrected chi connectivity index (χ4v) is 3.14. The number of anilines is 1. The molecule has 0 aromatic carbocycles. The zero-order valence-electron chi connectivity index (χ0n) is 19.7. The summed E-state index contributed by atoms with van der Waals surface area (Å²) in [4.78, 5) is 21.0. The summed E-state index contributed by atoms with van der Waals surface area (Å²) in [7, 11) is 0. The van der Waals surface area contributed by atoms with Crippen molar-refractivity contribution in [3.8, 4) is 0 Å². The van der Waals surface area contributed by atoms with Crippen molar-refractivity contribution >= 4 is 30.1 Å². The SMILES string of the molecule is C/C=C(\C=c1\cc(NC(=O)Cc2cccnc2)nc\c1=C/CC)C(/C=N)=C/C(C)C(C)C. The maximum absolute atomic E-state index is 12.5. The second-order valence-corrected chi connectivity index (χ2v) is 8.15. The van der Waals surface area contributed by atoms with Crippen molar-refractivity contribution in [2.45, 2.75) is 47.5 Å². The van der Waals surface area contributed by atoms with Gasteiger partial charge in [-0.15, -0.1) is 0 Å². The second-order valence-electron chi connectivity index (χ2n) is 8.15. The molecule has 0 aliphatic heterocycles. The molecule has 168 valence electrons. The molecule has 2 aromatic rings. The molecule has 0 aliphatic carbocycles. The molecular formula is C27H34N4O. The standard InChI is InChI=1S/C27H34N4O/c1-6-9-23-18-30-26(31-27(32)13-21-10-8-11-29-17-21)15-24(23)14-22(7-2)25(16-28)12-20(5)19(3)4/h7-12,14-20,28H,6,13H2,1-5H3,(H,31,32)/b22-7+,23-9+,24-14-,25-12+,28-16?. The van der Waals surface area contributed by atoms with Crippen molar-refractivity contribution in [3.63, 3.8) is 0 Å². The molecule has 2 rings (SSSR count). The van der Waals surface area contributed by atoms with E-state index in [1.54, 1.807) is 18.6 Å².